The van der Waals surface area contributed by atoms with Crippen LogP contribution in [0.25, 0.3) is 0 Å². The SMILES string of the molecule is COc1cc(/C=N/SC(C)(C)O)c(Br)cn1. The number of hydrogen-bond acceptors (Lipinski definition) is 5. The molecule has 0 aromatic carbocycles. The van der Waals surface area contributed by atoms with E-state index in [2.05, 4.69) is 25.3 Å². The first-order valence-electron chi connectivity index (χ1n) is 4.56. The Morgan fingerprint density at radius 3 is 2.88 bits per heavy atom. The van der Waals surface area contributed by atoms with Crippen LogP contribution in [0.1, 0.15) is 19.4 Å². The van der Waals surface area contributed by atoms with Gasteiger partial charge in [-0.15, -0.1) is 0 Å². The first kappa shape index (κ1) is 13.5. The third-order valence-corrected chi connectivity index (χ3v) is 2.86. The Labute approximate surface area is 107 Å². The summed E-state index contributed by atoms with van der Waals surface area (Å²) < 4.78 is 9.91. The molecule has 6 heteroatoms. The van der Waals surface area contributed by atoms with Crippen molar-refractivity contribution in [2.24, 2.45) is 4.40 Å². The van der Waals surface area contributed by atoms with E-state index in [-0.39, 0.29) is 0 Å². The van der Waals surface area contributed by atoms with Gasteiger partial charge in [0, 0.05) is 40.5 Å². The van der Waals surface area contributed by atoms with Crippen LogP contribution in [0.4, 0.5) is 0 Å². The maximum absolute atomic E-state index is 9.47. The second-order valence-electron chi connectivity index (χ2n) is 3.52. The normalized spacial score (nSPS) is 12.1. The lowest BCUT2D eigenvalue weighted by molar-refractivity contribution is 0.179. The summed E-state index contributed by atoms with van der Waals surface area (Å²) in [5, 5.41) is 9.47. The number of methoxy groups -OCH3 is 1. The standard InChI is InChI=1S/C10H13BrN2O2S/c1-10(2,14)16-13-5-7-4-9(15-3)12-6-8(7)11/h4-6,14H,1-3H3/b13-5+. The van der Waals surface area contributed by atoms with Crippen LogP contribution in [0.3, 0.4) is 0 Å². The lowest BCUT2D eigenvalue weighted by Crippen LogP contribution is -2.10. The van der Waals surface area contributed by atoms with Gasteiger partial charge in [-0.05, 0) is 29.8 Å². The van der Waals surface area contributed by atoms with Gasteiger partial charge >= 0.3 is 0 Å². The van der Waals surface area contributed by atoms with E-state index in [1.165, 1.54) is 0 Å². The molecule has 1 aromatic rings. The van der Waals surface area contributed by atoms with Crippen LogP contribution in [-0.4, -0.2) is 28.3 Å². The first-order valence-corrected chi connectivity index (χ1v) is 6.12. The maximum Gasteiger partial charge on any atom is 0.213 e. The van der Waals surface area contributed by atoms with Crippen molar-refractivity contribution < 1.29 is 9.84 Å². The average Bonchev–Trinajstić information content (AvgIpc) is 2.19. The summed E-state index contributed by atoms with van der Waals surface area (Å²) in [5.74, 6) is 0.526. The summed E-state index contributed by atoms with van der Waals surface area (Å²) in [7, 11) is 1.56. The van der Waals surface area contributed by atoms with Crippen molar-refractivity contribution in [3.05, 3.63) is 22.3 Å². The van der Waals surface area contributed by atoms with E-state index < -0.39 is 4.93 Å². The maximum atomic E-state index is 9.47. The number of hydrogen-bond donors (Lipinski definition) is 1. The molecule has 1 N–H and O–H groups in total. The number of rotatable bonds is 4. The molecular weight excluding hydrogens is 292 g/mol. The van der Waals surface area contributed by atoms with Gasteiger partial charge in [0.15, 0.2) is 0 Å². The van der Waals surface area contributed by atoms with Crippen molar-refractivity contribution in [1.29, 1.82) is 0 Å². The van der Waals surface area contributed by atoms with Gasteiger partial charge in [-0.1, -0.05) is 0 Å². The molecule has 88 valence electrons. The van der Waals surface area contributed by atoms with E-state index in [0.29, 0.717) is 5.88 Å². The number of aromatic nitrogens is 1. The fraction of sp³-hybridized carbons (Fsp3) is 0.400. The molecule has 0 aliphatic carbocycles. The molecule has 0 fully saturated rings. The highest BCUT2D eigenvalue weighted by Gasteiger charge is 2.11. The molecule has 0 atom stereocenters. The Bertz CT molecular complexity index is 391. The Morgan fingerprint density at radius 1 is 1.62 bits per heavy atom. The summed E-state index contributed by atoms with van der Waals surface area (Å²) in [4.78, 5) is 3.15. The van der Waals surface area contributed by atoms with Crippen LogP contribution in [0, 0.1) is 0 Å². The van der Waals surface area contributed by atoms with Crippen molar-refractivity contribution in [2.45, 2.75) is 18.8 Å². The van der Waals surface area contributed by atoms with Crippen molar-refractivity contribution in [2.75, 3.05) is 7.11 Å². The van der Waals surface area contributed by atoms with Crippen molar-refractivity contribution in [1.82, 2.24) is 4.98 Å². The van der Waals surface area contributed by atoms with Crippen LogP contribution < -0.4 is 4.74 Å². The number of nitrogens with zero attached hydrogens (tertiary/aromatic N) is 2. The largest absolute Gasteiger partial charge is 0.481 e. The first-order chi connectivity index (χ1) is 7.42. The number of halogens is 1. The zero-order chi connectivity index (χ0) is 12.2. The molecule has 0 spiro atoms. The van der Waals surface area contributed by atoms with Crippen LogP contribution in [0.5, 0.6) is 5.88 Å². The fourth-order valence-corrected chi connectivity index (χ4v) is 1.60. The Balaban J connectivity index is 2.80. The highest BCUT2D eigenvalue weighted by molar-refractivity contribution is 9.10. The van der Waals surface area contributed by atoms with Gasteiger partial charge in [0.1, 0.15) is 4.93 Å². The lowest BCUT2D eigenvalue weighted by atomic mass is 10.3. The highest BCUT2D eigenvalue weighted by atomic mass is 79.9. The minimum Gasteiger partial charge on any atom is -0.481 e. The molecule has 0 unspecified atom stereocenters. The van der Waals surface area contributed by atoms with Gasteiger partial charge in [-0.2, -0.15) is 0 Å². The molecule has 16 heavy (non-hydrogen) atoms. The molecular formula is C10H13BrN2O2S. The van der Waals surface area contributed by atoms with E-state index in [0.717, 1.165) is 22.0 Å². The van der Waals surface area contributed by atoms with E-state index in [1.807, 2.05) is 0 Å². The zero-order valence-corrected chi connectivity index (χ0v) is 11.7. The lowest BCUT2D eigenvalue weighted by Gasteiger charge is -2.11. The topological polar surface area (TPSA) is 54.7 Å². The predicted molar refractivity (Wildman–Crippen MR) is 70.0 cm³/mol. The second-order valence-corrected chi connectivity index (χ2v) is 5.77. The average molecular weight is 305 g/mol. The molecule has 0 amide bonds. The monoisotopic (exact) mass is 304 g/mol. The Morgan fingerprint density at radius 2 is 2.31 bits per heavy atom. The molecule has 0 saturated heterocycles. The molecule has 1 heterocycles. The van der Waals surface area contributed by atoms with Gasteiger partial charge in [-0.3, -0.25) is 0 Å². The quantitative estimate of drug-likeness (QED) is 0.528. The van der Waals surface area contributed by atoms with E-state index in [4.69, 9.17) is 4.74 Å². The predicted octanol–water partition coefficient (Wildman–Crippen LogP) is 2.65. The number of aliphatic hydroxyl groups is 1. The van der Waals surface area contributed by atoms with Gasteiger partial charge < -0.3 is 9.84 Å². The van der Waals surface area contributed by atoms with Crippen LogP contribution in [-0.2, 0) is 0 Å². The summed E-state index contributed by atoms with van der Waals surface area (Å²) in [6.45, 7) is 3.36. The van der Waals surface area contributed by atoms with E-state index >= 15 is 0 Å². The van der Waals surface area contributed by atoms with Crippen molar-refractivity contribution in [3.8, 4) is 5.88 Å². The van der Waals surface area contributed by atoms with Gasteiger partial charge in [0.2, 0.25) is 5.88 Å². The third-order valence-electron chi connectivity index (χ3n) is 1.54. The third kappa shape index (κ3) is 4.51. The van der Waals surface area contributed by atoms with E-state index in [1.54, 1.807) is 39.4 Å². The molecule has 1 aromatic heterocycles. The summed E-state index contributed by atoms with van der Waals surface area (Å²) in [5.41, 5.74) is 0.851. The molecule has 4 nitrogen and oxygen atoms in total. The van der Waals surface area contributed by atoms with E-state index in [9.17, 15) is 5.11 Å². The Hall–Kier alpha value is -0.590. The van der Waals surface area contributed by atoms with Crippen LogP contribution in [0.15, 0.2) is 21.1 Å². The van der Waals surface area contributed by atoms with Crippen LogP contribution >= 0.6 is 27.9 Å². The van der Waals surface area contributed by atoms with Crippen molar-refractivity contribution in [3.63, 3.8) is 0 Å². The molecule has 0 bridgehead atoms. The molecule has 0 saturated carbocycles. The molecule has 0 aliphatic heterocycles. The molecule has 1 rings (SSSR count). The summed E-state index contributed by atoms with van der Waals surface area (Å²) in [6.07, 6.45) is 3.30. The zero-order valence-electron chi connectivity index (χ0n) is 9.27. The summed E-state index contributed by atoms with van der Waals surface area (Å²) >= 11 is 4.45. The molecule has 0 radical (unpaired) electrons. The highest BCUT2D eigenvalue weighted by Crippen LogP contribution is 2.23. The number of pyridine rings is 1. The molecule has 0 aliphatic rings. The van der Waals surface area contributed by atoms with Gasteiger partial charge in [0.25, 0.3) is 0 Å². The smallest absolute Gasteiger partial charge is 0.213 e. The fourth-order valence-electron chi connectivity index (χ4n) is 0.857. The van der Waals surface area contributed by atoms with Crippen molar-refractivity contribution >= 4 is 34.1 Å². The summed E-state index contributed by atoms with van der Waals surface area (Å²) in [6, 6.07) is 1.76. The van der Waals surface area contributed by atoms with Gasteiger partial charge in [0.05, 0.1) is 7.11 Å². The van der Waals surface area contributed by atoms with Crippen LogP contribution in [0.2, 0.25) is 0 Å². The number of ether oxygens (including phenoxy) is 1. The second kappa shape index (κ2) is 5.65. The minimum absolute atomic E-state index is 0.526. The van der Waals surface area contributed by atoms with Gasteiger partial charge in [-0.25, -0.2) is 9.38 Å². The minimum atomic E-state index is -0.875. The Kier molecular flexibility index (Phi) is 4.76.